The largest absolute Gasteiger partial charge is 0.193 e. The molecule has 0 amide bonds. The summed E-state index contributed by atoms with van der Waals surface area (Å²) in [5.74, 6) is 0. The number of hydrogen-bond donors (Lipinski definition) is 0. The normalized spacial score (nSPS) is 12.2. The minimum atomic E-state index is 0.833. The summed E-state index contributed by atoms with van der Waals surface area (Å²) in [6.07, 6.45) is 17.4. The van der Waals surface area contributed by atoms with Crippen LogP contribution in [0.4, 0.5) is 0 Å². The lowest BCUT2D eigenvalue weighted by Gasteiger charge is -2.18. The van der Waals surface area contributed by atoms with Crippen molar-refractivity contribution in [1.29, 1.82) is 15.8 Å². The summed E-state index contributed by atoms with van der Waals surface area (Å²) in [7, 11) is 0. The molecule has 174 valence electrons. The van der Waals surface area contributed by atoms with Crippen LogP contribution in [0.15, 0.2) is 36.4 Å². The van der Waals surface area contributed by atoms with E-state index in [2.05, 4.69) is 57.2 Å². The first-order valence-electron chi connectivity index (χ1n) is 12.6. The van der Waals surface area contributed by atoms with Crippen molar-refractivity contribution in [2.75, 3.05) is 0 Å². The number of nitriles is 3. The maximum absolute atomic E-state index is 9.52. The van der Waals surface area contributed by atoms with Crippen molar-refractivity contribution < 1.29 is 0 Å². The topological polar surface area (TPSA) is 71.4 Å². The second-order valence-electron chi connectivity index (χ2n) is 8.53. The van der Waals surface area contributed by atoms with E-state index in [1.54, 1.807) is 18.2 Å². The molecule has 33 heavy (non-hydrogen) atoms. The van der Waals surface area contributed by atoms with Crippen molar-refractivity contribution in [3.05, 3.63) is 53.1 Å². The van der Waals surface area contributed by atoms with Gasteiger partial charge in [-0.05, 0) is 78.0 Å². The Morgan fingerprint density at radius 1 is 0.606 bits per heavy atom. The molecular weight excluding hydrogens is 402 g/mol. The van der Waals surface area contributed by atoms with Gasteiger partial charge in [0.2, 0.25) is 0 Å². The molecule has 3 heteroatoms. The van der Waals surface area contributed by atoms with E-state index in [9.17, 15) is 15.8 Å². The molecule has 0 atom stereocenters. The van der Waals surface area contributed by atoms with Crippen molar-refractivity contribution in [2.24, 2.45) is 0 Å². The Bertz CT molecular complexity index is 942. The van der Waals surface area contributed by atoms with Gasteiger partial charge in [-0.2, -0.15) is 15.8 Å². The molecule has 0 unspecified atom stereocenters. The van der Waals surface area contributed by atoms with Gasteiger partial charge in [-0.3, -0.25) is 0 Å². The number of allylic oxidation sites excluding steroid dienone is 6. The predicted molar refractivity (Wildman–Crippen MR) is 140 cm³/mol. The molecule has 0 fully saturated rings. The Kier molecular flexibility index (Phi) is 14.8. The fraction of sp³-hybridized carbons (Fsp3) is 0.500. The smallest absolute Gasteiger partial charge is 0.0915 e. The van der Waals surface area contributed by atoms with Gasteiger partial charge in [-0.15, -0.1) is 0 Å². The zero-order chi connectivity index (χ0) is 24.3. The average molecular weight is 442 g/mol. The van der Waals surface area contributed by atoms with Crippen molar-refractivity contribution in [2.45, 2.75) is 97.8 Å². The second kappa shape index (κ2) is 17.5. The van der Waals surface area contributed by atoms with Crippen molar-refractivity contribution in [1.82, 2.24) is 0 Å². The van der Waals surface area contributed by atoms with E-state index in [-0.39, 0.29) is 0 Å². The van der Waals surface area contributed by atoms with E-state index in [0.717, 1.165) is 110 Å². The lowest BCUT2D eigenvalue weighted by molar-refractivity contribution is 0.732. The Morgan fingerprint density at radius 2 is 1.03 bits per heavy atom. The zero-order valence-corrected chi connectivity index (χ0v) is 20.8. The summed E-state index contributed by atoms with van der Waals surface area (Å²) in [5, 5.41) is 28.3. The highest BCUT2D eigenvalue weighted by Crippen LogP contribution is 2.35. The number of nitrogens with zero attached hydrogens (tertiary/aromatic N) is 3. The molecule has 3 nitrogen and oxygen atoms in total. The molecule has 1 rings (SSSR count). The van der Waals surface area contributed by atoms with E-state index in [1.165, 1.54) is 0 Å². The minimum absolute atomic E-state index is 0.833. The second-order valence-corrected chi connectivity index (χ2v) is 8.53. The third kappa shape index (κ3) is 9.93. The lowest BCUT2D eigenvalue weighted by atomic mass is 9.86. The predicted octanol–water partition coefficient (Wildman–Crippen LogP) is 9.15. The van der Waals surface area contributed by atoms with E-state index in [1.807, 2.05) is 0 Å². The van der Waals surface area contributed by atoms with Crippen molar-refractivity contribution >= 4 is 16.7 Å². The van der Waals surface area contributed by atoms with Crippen LogP contribution < -0.4 is 0 Å². The number of unbranched alkanes of at least 4 members (excludes halogenated alkanes) is 6. The molecule has 0 aromatic heterocycles. The van der Waals surface area contributed by atoms with Gasteiger partial charge >= 0.3 is 0 Å². The van der Waals surface area contributed by atoms with Crippen LogP contribution in [-0.4, -0.2) is 0 Å². The minimum Gasteiger partial charge on any atom is -0.193 e. The van der Waals surface area contributed by atoms with Gasteiger partial charge in [0.15, 0.2) is 0 Å². The van der Waals surface area contributed by atoms with Crippen LogP contribution in [0.3, 0.4) is 0 Å². The average Bonchev–Trinajstić information content (AvgIpc) is 2.82. The molecule has 0 aliphatic carbocycles. The molecule has 0 heterocycles. The van der Waals surface area contributed by atoms with Crippen LogP contribution in [-0.2, 0) is 0 Å². The molecule has 0 N–H and O–H groups in total. The number of benzene rings is 1. The Hall–Kier alpha value is -3.09. The molecular formula is C30H39N3. The summed E-state index contributed by atoms with van der Waals surface area (Å²) in [5.41, 5.74) is 6.20. The summed E-state index contributed by atoms with van der Waals surface area (Å²) in [4.78, 5) is 0. The monoisotopic (exact) mass is 441 g/mol. The van der Waals surface area contributed by atoms with Gasteiger partial charge < -0.3 is 0 Å². The van der Waals surface area contributed by atoms with Crippen LogP contribution >= 0.6 is 0 Å². The molecule has 0 radical (unpaired) electrons. The molecule has 1 aromatic carbocycles. The summed E-state index contributed by atoms with van der Waals surface area (Å²) in [6, 6.07) is 13.0. The highest BCUT2D eigenvalue weighted by atomic mass is 14.3. The zero-order valence-electron chi connectivity index (χ0n) is 20.8. The molecule has 0 aliphatic heterocycles. The van der Waals surface area contributed by atoms with Gasteiger partial charge in [-0.1, -0.05) is 71.4 Å². The highest BCUT2D eigenvalue weighted by molar-refractivity contribution is 5.84. The van der Waals surface area contributed by atoms with Gasteiger partial charge in [0, 0.05) is 18.2 Å². The van der Waals surface area contributed by atoms with Crippen LogP contribution in [0.25, 0.3) is 16.7 Å². The molecule has 0 aliphatic rings. The molecule has 1 aromatic rings. The van der Waals surface area contributed by atoms with Crippen LogP contribution in [0.1, 0.15) is 115 Å². The van der Waals surface area contributed by atoms with Crippen LogP contribution in [0.2, 0.25) is 0 Å². The van der Waals surface area contributed by atoms with Crippen molar-refractivity contribution in [3.8, 4) is 18.2 Å². The quantitative estimate of drug-likeness (QED) is 0.201. The van der Waals surface area contributed by atoms with E-state index in [0.29, 0.717) is 0 Å². The first-order chi connectivity index (χ1) is 16.2. The van der Waals surface area contributed by atoms with E-state index in [4.69, 9.17) is 0 Å². The fourth-order valence-corrected chi connectivity index (χ4v) is 4.09. The van der Waals surface area contributed by atoms with Crippen LogP contribution in [0.5, 0.6) is 0 Å². The lowest BCUT2D eigenvalue weighted by Crippen LogP contribution is -1.98. The molecule has 0 saturated heterocycles. The van der Waals surface area contributed by atoms with Gasteiger partial charge in [0.05, 0.1) is 18.2 Å². The van der Waals surface area contributed by atoms with Gasteiger partial charge in [-0.25, -0.2) is 0 Å². The number of hydrogen-bond acceptors (Lipinski definition) is 3. The van der Waals surface area contributed by atoms with Crippen molar-refractivity contribution in [3.63, 3.8) is 0 Å². The highest BCUT2D eigenvalue weighted by Gasteiger charge is 2.15. The molecule has 0 bridgehead atoms. The Balaban J connectivity index is 3.58. The molecule has 0 saturated carbocycles. The van der Waals surface area contributed by atoms with E-state index >= 15 is 0 Å². The van der Waals surface area contributed by atoms with Crippen LogP contribution in [0, 0.1) is 34.0 Å². The first kappa shape index (κ1) is 27.9. The Labute approximate surface area is 201 Å². The maximum atomic E-state index is 9.52. The first-order valence-corrected chi connectivity index (χ1v) is 12.6. The molecule has 0 spiro atoms. The third-order valence-electron chi connectivity index (χ3n) is 5.95. The fourth-order valence-electron chi connectivity index (χ4n) is 4.09. The summed E-state index contributed by atoms with van der Waals surface area (Å²) >= 11 is 0. The number of rotatable bonds is 15. The third-order valence-corrected chi connectivity index (χ3v) is 5.95. The Morgan fingerprint density at radius 3 is 1.48 bits per heavy atom. The summed E-state index contributed by atoms with van der Waals surface area (Å²) < 4.78 is 0. The van der Waals surface area contributed by atoms with E-state index < -0.39 is 0 Å². The summed E-state index contributed by atoms with van der Waals surface area (Å²) in [6.45, 7) is 6.53. The maximum Gasteiger partial charge on any atom is 0.0915 e. The van der Waals surface area contributed by atoms with Gasteiger partial charge in [0.1, 0.15) is 0 Å². The standard InChI is InChI=1S/C30H39N3/c1-4-7-10-13-25(18-21-31)28-16-17-29(26(19-22-32)14-11-8-5-2)30(24-28)27(20-23-33)15-12-9-6-3/h16-20,24H,4-15H2,1-3H3/b25-18+,26-19+,27-20+. The SMILES string of the molecule is CCCCC/C(=C\C#N)c1ccc(/C(=C/C#N)CCCCC)c(/C(=C/C#N)CCCCC)c1. The van der Waals surface area contributed by atoms with Gasteiger partial charge in [0.25, 0.3) is 0 Å².